The summed E-state index contributed by atoms with van der Waals surface area (Å²) in [5.74, 6) is 0.429. The molecule has 1 fully saturated rings. The second-order valence-electron chi connectivity index (χ2n) is 5.48. The number of phenolic OH excluding ortho intramolecular Hbond substituents is 1. The van der Waals surface area contributed by atoms with Crippen molar-refractivity contribution in [1.29, 1.82) is 0 Å². The molecule has 0 amide bonds. The van der Waals surface area contributed by atoms with Gasteiger partial charge in [0, 0.05) is 24.2 Å². The highest BCUT2D eigenvalue weighted by Gasteiger charge is 2.31. The molecule has 1 heterocycles. The van der Waals surface area contributed by atoms with Gasteiger partial charge in [-0.05, 0) is 55.0 Å². The van der Waals surface area contributed by atoms with Gasteiger partial charge < -0.3 is 9.84 Å². The van der Waals surface area contributed by atoms with Crippen LogP contribution in [0.15, 0.2) is 12.1 Å². The van der Waals surface area contributed by atoms with E-state index in [9.17, 15) is 5.11 Å². The molecule has 1 aliphatic rings. The van der Waals surface area contributed by atoms with E-state index in [1.807, 2.05) is 6.07 Å². The third kappa shape index (κ3) is 2.81. The first kappa shape index (κ1) is 14.1. The van der Waals surface area contributed by atoms with E-state index in [2.05, 4.69) is 54.3 Å². The molecule has 0 radical (unpaired) electrons. The van der Waals surface area contributed by atoms with Crippen molar-refractivity contribution in [3.05, 3.63) is 26.8 Å². The summed E-state index contributed by atoms with van der Waals surface area (Å²) in [6.45, 7) is 9.64. The quantitative estimate of drug-likeness (QED) is 0.823. The van der Waals surface area contributed by atoms with Crippen molar-refractivity contribution in [3.63, 3.8) is 0 Å². The minimum atomic E-state index is 0.0262. The number of aryl methyl sites for hydroxylation is 1. The van der Waals surface area contributed by atoms with E-state index in [0.29, 0.717) is 5.75 Å². The standard InChI is InChI=1S/C14H20INO2/c1-10-4-5-12(15)13(17)11(10)8-16-6-7-18-9-14(16,2)3/h4-5,17H,6-9H2,1-3H3. The molecular formula is C14H20INO2. The van der Waals surface area contributed by atoms with Gasteiger partial charge in [0.05, 0.1) is 16.8 Å². The zero-order valence-corrected chi connectivity index (χ0v) is 13.3. The van der Waals surface area contributed by atoms with E-state index >= 15 is 0 Å². The van der Waals surface area contributed by atoms with Gasteiger partial charge in [0.15, 0.2) is 0 Å². The molecule has 3 nitrogen and oxygen atoms in total. The first-order valence-corrected chi connectivity index (χ1v) is 7.29. The van der Waals surface area contributed by atoms with Gasteiger partial charge in [-0.3, -0.25) is 4.90 Å². The molecule has 0 unspecified atom stereocenters. The number of phenols is 1. The van der Waals surface area contributed by atoms with E-state index in [-0.39, 0.29) is 5.54 Å². The van der Waals surface area contributed by atoms with Crippen LogP contribution >= 0.6 is 22.6 Å². The van der Waals surface area contributed by atoms with Crippen LogP contribution in [0.1, 0.15) is 25.0 Å². The average molecular weight is 361 g/mol. The van der Waals surface area contributed by atoms with E-state index in [4.69, 9.17) is 4.74 Å². The number of aromatic hydroxyl groups is 1. The van der Waals surface area contributed by atoms with Gasteiger partial charge in [-0.2, -0.15) is 0 Å². The molecule has 4 heteroatoms. The van der Waals surface area contributed by atoms with Crippen molar-refractivity contribution < 1.29 is 9.84 Å². The fraction of sp³-hybridized carbons (Fsp3) is 0.571. The van der Waals surface area contributed by atoms with Crippen LogP contribution in [-0.4, -0.2) is 35.3 Å². The Morgan fingerprint density at radius 1 is 1.44 bits per heavy atom. The van der Waals surface area contributed by atoms with Crippen molar-refractivity contribution in [2.45, 2.75) is 32.9 Å². The fourth-order valence-corrected chi connectivity index (χ4v) is 2.79. The summed E-state index contributed by atoms with van der Waals surface area (Å²) in [6.07, 6.45) is 0. The zero-order valence-electron chi connectivity index (χ0n) is 11.2. The summed E-state index contributed by atoms with van der Waals surface area (Å²) >= 11 is 2.18. The molecule has 0 spiro atoms. The molecule has 1 N–H and O–H groups in total. The second kappa shape index (κ2) is 5.35. The predicted octanol–water partition coefficient (Wildman–Crippen LogP) is 2.92. The molecule has 2 rings (SSSR count). The van der Waals surface area contributed by atoms with Crippen molar-refractivity contribution in [1.82, 2.24) is 4.90 Å². The average Bonchev–Trinajstić information content (AvgIpc) is 2.31. The van der Waals surface area contributed by atoms with Crippen molar-refractivity contribution in [2.75, 3.05) is 19.8 Å². The maximum Gasteiger partial charge on any atom is 0.133 e. The van der Waals surface area contributed by atoms with Crippen LogP contribution in [0.2, 0.25) is 0 Å². The third-order valence-electron chi connectivity index (χ3n) is 3.63. The number of morpholine rings is 1. The highest BCUT2D eigenvalue weighted by atomic mass is 127. The lowest BCUT2D eigenvalue weighted by atomic mass is 9.99. The highest BCUT2D eigenvalue weighted by molar-refractivity contribution is 14.1. The van der Waals surface area contributed by atoms with E-state index in [0.717, 1.165) is 41.0 Å². The molecule has 18 heavy (non-hydrogen) atoms. The maximum atomic E-state index is 10.2. The first-order chi connectivity index (χ1) is 8.42. The van der Waals surface area contributed by atoms with E-state index in [1.165, 1.54) is 0 Å². The molecule has 1 aliphatic heterocycles. The normalized spacial score (nSPS) is 20.0. The van der Waals surface area contributed by atoms with E-state index < -0.39 is 0 Å². The lowest BCUT2D eigenvalue weighted by molar-refractivity contribution is -0.0555. The molecule has 1 saturated heterocycles. The molecule has 0 atom stereocenters. The molecule has 0 bridgehead atoms. The largest absolute Gasteiger partial charge is 0.506 e. The topological polar surface area (TPSA) is 32.7 Å². The lowest BCUT2D eigenvalue weighted by Gasteiger charge is -2.42. The SMILES string of the molecule is Cc1ccc(I)c(O)c1CN1CCOCC1(C)C. The van der Waals surface area contributed by atoms with Crippen molar-refractivity contribution in [3.8, 4) is 5.75 Å². The Labute approximate surface area is 122 Å². The first-order valence-electron chi connectivity index (χ1n) is 6.21. The Hall–Kier alpha value is -0.330. The highest BCUT2D eigenvalue weighted by Crippen LogP contribution is 2.31. The van der Waals surface area contributed by atoms with Gasteiger partial charge in [-0.15, -0.1) is 0 Å². The fourth-order valence-electron chi connectivity index (χ4n) is 2.28. The Kier molecular flexibility index (Phi) is 4.18. The van der Waals surface area contributed by atoms with Crippen LogP contribution in [0.25, 0.3) is 0 Å². The molecule has 1 aromatic rings. The molecule has 0 saturated carbocycles. The summed E-state index contributed by atoms with van der Waals surface area (Å²) in [5, 5.41) is 10.2. The number of nitrogens with zero attached hydrogens (tertiary/aromatic N) is 1. The predicted molar refractivity (Wildman–Crippen MR) is 80.9 cm³/mol. The van der Waals surface area contributed by atoms with Crippen LogP contribution in [0.5, 0.6) is 5.75 Å². The number of hydrogen-bond donors (Lipinski definition) is 1. The Bertz CT molecular complexity index is 446. The smallest absolute Gasteiger partial charge is 0.133 e. The number of rotatable bonds is 2. The lowest BCUT2D eigenvalue weighted by Crippen LogP contribution is -2.52. The molecular weight excluding hydrogens is 341 g/mol. The summed E-state index contributed by atoms with van der Waals surface area (Å²) in [7, 11) is 0. The maximum absolute atomic E-state index is 10.2. The van der Waals surface area contributed by atoms with Gasteiger partial charge in [-0.25, -0.2) is 0 Å². The van der Waals surface area contributed by atoms with Gasteiger partial charge in [0.1, 0.15) is 5.75 Å². The number of halogens is 1. The second-order valence-corrected chi connectivity index (χ2v) is 6.64. The molecule has 1 aromatic carbocycles. The molecule has 0 aromatic heterocycles. The van der Waals surface area contributed by atoms with Crippen LogP contribution < -0.4 is 0 Å². The Balaban J connectivity index is 2.26. The van der Waals surface area contributed by atoms with Crippen molar-refractivity contribution >= 4 is 22.6 Å². The number of ether oxygens (including phenoxy) is 1. The third-order valence-corrected chi connectivity index (χ3v) is 4.50. The zero-order chi connectivity index (χ0) is 13.3. The Morgan fingerprint density at radius 2 is 2.17 bits per heavy atom. The number of hydrogen-bond acceptors (Lipinski definition) is 3. The summed E-state index contributed by atoms with van der Waals surface area (Å²) in [6, 6.07) is 4.03. The summed E-state index contributed by atoms with van der Waals surface area (Å²) in [5.41, 5.74) is 2.21. The van der Waals surface area contributed by atoms with Gasteiger partial charge in [0.25, 0.3) is 0 Å². The van der Waals surface area contributed by atoms with Crippen molar-refractivity contribution in [2.24, 2.45) is 0 Å². The van der Waals surface area contributed by atoms with E-state index in [1.54, 1.807) is 0 Å². The van der Waals surface area contributed by atoms with Gasteiger partial charge in [-0.1, -0.05) is 6.07 Å². The molecule has 100 valence electrons. The summed E-state index contributed by atoms with van der Waals surface area (Å²) in [4.78, 5) is 2.38. The van der Waals surface area contributed by atoms with Crippen LogP contribution in [0.4, 0.5) is 0 Å². The minimum Gasteiger partial charge on any atom is -0.506 e. The monoisotopic (exact) mass is 361 g/mol. The molecule has 0 aliphatic carbocycles. The van der Waals surface area contributed by atoms with Crippen LogP contribution in [0, 0.1) is 10.5 Å². The van der Waals surface area contributed by atoms with Gasteiger partial charge in [0.2, 0.25) is 0 Å². The number of benzene rings is 1. The van der Waals surface area contributed by atoms with Gasteiger partial charge >= 0.3 is 0 Å². The Morgan fingerprint density at radius 3 is 2.83 bits per heavy atom. The summed E-state index contributed by atoms with van der Waals surface area (Å²) < 4.78 is 6.45. The minimum absolute atomic E-state index is 0.0262. The van der Waals surface area contributed by atoms with Crippen LogP contribution in [-0.2, 0) is 11.3 Å². The van der Waals surface area contributed by atoms with Crippen LogP contribution in [0.3, 0.4) is 0 Å².